The van der Waals surface area contributed by atoms with Gasteiger partial charge in [-0.2, -0.15) is 0 Å². The molecule has 0 aliphatic carbocycles. The van der Waals surface area contributed by atoms with Crippen LogP contribution in [-0.4, -0.2) is 78.3 Å². The number of hydrogen-bond donors (Lipinski definition) is 2. The van der Waals surface area contributed by atoms with E-state index in [0.717, 1.165) is 25.7 Å². The van der Waals surface area contributed by atoms with Gasteiger partial charge < -0.3 is 20.9 Å². The summed E-state index contributed by atoms with van der Waals surface area (Å²) in [5.74, 6) is 0.160. The van der Waals surface area contributed by atoms with Gasteiger partial charge >= 0.3 is 41.5 Å². The third kappa shape index (κ3) is 29.8. The number of unbranched alkanes of at least 4 members (excludes halogenated alkanes) is 18. The molecule has 6 nitrogen and oxygen atoms in total. The third-order valence-corrected chi connectivity index (χ3v) is 9.14. The van der Waals surface area contributed by atoms with Gasteiger partial charge in [0.1, 0.15) is 12.1 Å². The van der Waals surface area contributed by atoms with Crippen LogP contribution in [-0.2, 0) is 19.1 Å². The summed E-state index contributed by atoms with van der Waals surface area (Å²) in [6, 6.07) is -1.31. The second-order valence-corrected chi connectivity index (χ2v) is 13.0. The number of esters is 2. The van der Waals surface area contributed by atoms with Crippen LogP contribution in [0.1, 0.15) is 142 Å². The zero-order chi connectivity index (χ0) is 28.1. The van der Waals surface area contributed by atoms with Gasteiger partial charge in [-0.3, -0.25) is 9.59 Å². The Morgan fingerprint density at radius 2 is 0.769 bits per heavy atom. The first kappa shape index (κ1) is 41.7. The summed E-state index contributed by atoms with van der Waals surface area (Å²) in [4.78, 5) is 24.1. The standard InChI is InChI=1S/C30H60N2O4S2.Na.H/c1-3-5-7-9-11-13-15-17-19-21-23-35-29(33)27(31)25-37-38-26-28(32)30(34)36-24-22-20-18-16-14-12-10-8-6-4-2;;/h27-28H,3-26,31-32H2,1-2H3;;/t27-,28-;;/m0../s1. The first-order valence-electron chi connectivity index (χ1n) is 15.6. The zero-order valence-electron chi connectivity index (χ0n) is 24.7. The monoisotopic (exact) mass is 600 g/mol. The van der Waals surface area contributed by atoms with Crippen LogP contribution in [0, 0.1) is 0 Å². The van der Waals surface area contributed by atoms with E-state index < -0.39 is 12.1 Å². The second-order valence-electron chi connectivity index (χ2n) is 10.5. The van der Waals surface area contributed by atoms with E-state index in [1.54, 1.807) is 0 Å². The van der Waals surface area contributed by atoms with Crippen molar-refractivity contribution in [1.29, 1.82) is 0 Å². The van der Waals surface area contributed by atoms with Crippen LogP contribution in [0.5, 0.6) is 0 Å². The molecule has 0 saturated heterocycles. The molecule has 0 saturated carbocycles. The van der Waals surface area contributed by atoms with E-state index in [9.17, 15) is 9.59 Å². The van der Waals surface area contributed by atoms with Crippen molar-refractivity contribution in [2.45, 2.75) is 154 Å². The number of ether oxygens (including phenoxy) is 2. The summed E-state index contributed by atoms with van der Waals surface area (Å²) in [6.07, 6.45) is 24.9. The molecule has 0 spiro atoms. The van der Waals surface area contributed by atoms with Crippen molar-refractivity contribution >= 4 is 63.1 Å². The van der Waals surface area contributed by atoms with E-state index in [1.807, 2.05) is 0 Å². The Morgan fingerprint density at radius 1 is 0.513 bits per heavy atom. The molecule has 0 amide bonds. The van der Waals surface area contributed by atoms with Gasteiger partial charge in [0.05, 0.1) is 13.2 Å². The molecule has 0 radical (unpaired) electrons. The number of hydrogen-bond acceptors (Lipinski definition) is 8. The van der Waals surface area contributed by atoms with Crippen LogP contribution in [0.3, 0.4) is 0 Å². The molecular formula is C30H61N2NaO4S2. The molecule has 9 heteroatoms. The van der Waals surface area contributed by atoms with Crippen molar-refractivity contribution < 1.29 is 19.1 Å². The SMILES string of the molecule is CCCCCCCCCCCCOC(=O)[C@@H](N)CSSC[C@H](N)C(=O)OCCCCCCCCCCCC.[NaH]. The molecule has 0 aromatic rings. The molecule has 2 atom stereocenters. The minimum absolute atomic E-state index is 0. The first-order valence-corrected chi connectivity index (χ1v) is 18.1. The molecule has 0 aromatic carbocycles. The molecule has 228 valence electrons. The molecular weight excluding hydrogens is 539 g/mol. The van der Waals surface area contributed by atoms with Crippen LogP contribution in [0.4, 0.5) is 0 Å². The Kier molecular flexibility index (Phi) is 35.4. The average molecular weight is 601 g/mol. The Labute approximate surface area is 271 Å². The summed E-state index contributed by atoms with van der Waals surface area (Å²) >= 11 is 0. The molecule has 0 unspecified atom stereocenters. The van der Waals surface area contributed by atoms with E-state index in [-0.39, 0.29) is 41.5 Å². The van der Waals surface area contributed by atoms with Crippen molar-refractivity contribution in [2.75, 3.05) is 24.7 Å². The molecule has 0 bridgehead atoms. The Balaban J connectivity index is 0. The van der Waals surface area contributed by atoms with E-state index in [4.69, 9.17) is 20.9 Å². The van der Waals surface area contributed by atoms with Crippen molar-refractivity contribution in [3.05, 3.63) is 0 Å². The van der Waals surface area contributed by atoms with Gasteiger partial charge in [0, 0.05) is 11.5 Å². The van der Waals surface area contributed by atoms with Gasteiger partial charge in [0.15, 0.2) is 0 Å². The Hall–Kier alpha value is 0.560. The quantitative estimate of drug-likeness (QED) is 0.0399. The normalized spacial score (nSPS) is 12.5. The third-order valence-electron chi connectivity index (χ3n) is 6.67. The number of rotatable bonds is 29. The maximum atomic E-state index is 12.1. The van der Waals surface area contributed by atoms with Gasteiger partial charge in [0.25, 0.3) is 0 Å². The predicted molar refractivity (Wildman–Crippen MR) is 174 cm³/mol. The zero-order valence-corrected chi connectivity index (χ0v) is 26.4. The molecule has 0 fully saturated rings. The van der Waals surface area contributed by atoms with Crippen LogP contribution in [0.2, 0.25) is 0 Å². The van der Waals surface area contributed by atoms with Gasteiger partial charge in [-0.15, -0.1) is 0 Å². The van der Waals surface area contributed by atoms with Crippen LogP contribution < -0.4 is 11.5 Å². The predicted octanol–water partition coefficient (Wildman–Crippen LogP) is 7.30. The Bertz CT molecular complexity index is 501. The molecule has 0 rings (SSSR count). The van der Waals surface area contributed by atoms with Crippen molar-refractivity contribution in [2.24, 2.45) is 11.5 Å². The van der Waals surface area contributed by atoms with Crippen LogP contribution >= 0.6 is 21.6 Å². The number of carbonyl (C=O) groups is 2. The topological polar surface area (TPSA) is 105 Å². The van der Waals surface area contributed by atoms with E-state index >= 15 is 0 Å². The van der Waals surface area contributed by atoms with Crippen LogP contribution in [0.25, 0.3) is 0 Å². The summed E-state index contributed by atoms with van der Waals surface area (Å²) in [6.45, 7) is 5.37. The number of nitrogens with two attached hydrogens (primary N) is 2. The van der Waals surface area contributed by atoms with E-state index in [0.29, 0.717) is 24.7 Å². The summed E-state index contributed by atoms with van der Waals surface area (Å²) in [5.41, 5.74) is 11.9. The van der Waals surface area contributed by atoms with Gasteiger partial charge in [0.2, 0.25) is 0 Å². The van der Waals surface area contributed by atoms with Crippen molar-refractivity contribution in [3.8, 4) is 0 Å². The Morgan fingerprint density at radius 3 is 1.05 bits per heavy atom. The van der Waals surface area contributed by atoms with Crippen molar-refractivity contribution in [3.63, 3.8) is 0 Å². The maximum absolute atomic E-state index is 12.1. The summed E-state index contributed by atoms with van der Waals surface area (Å²) in [7, 11) is 2.89. The molecule has 0 aliphatic heterocycles. The number of carbonyl (C=O) groups excluding carboxylic acids is 2. The first-order chi connectivity index (χ1) is 18.5. The molecule has 4 N–H and O–H groups in total. The second kappa shape index (κ2) is 33.1. The fraction of sp³-hybridized carbons (Fsp3) is 0.933. The van der Waals surface area contributed by atoms with Crippen molar-refractivity contribution in [1.82, 2.24) is 0 Å². The fourth-order valence-corrected chi connectivity index (χ4v) is 6.33. The fourth-order valence-electron chi connectivity index (χ4n) is 4.12. The van der Waals surface area contributed by atoms with E-state index in [1.165, 1.54) is 124 Å². The molecule has 0 heterocycles. The molecule has 0 aliphatic rings. The van der Waals surface area contributed by atoms with Crippen LogP contribution in [0.15, 0.2) is 0 Å². The summed E-state index contributed by atoms with van der Waals surface area (Å²) in [5, 5.41) is 0. The van der Waals surface area contributed by atoms with Gasteiger partial charge in [-0.1, -0.05) is 151 Å². The molecule has 39 heavy (non-hydrogen) atoms. The minimum atomic E-state index is -0.657. The van der Waals surface area contributed by atoms with Gasteiger partial charge in [-0.05, 0) is 12.8 Å². The van der Waals surface area contributed by atoms with E-state index in [2.05, 4.69) is 13.8 Å². The summed E-state index contributed by atoms with van der Waals surface area (Å²) < 4.78 is 10.6. The molecule has 0 aromatic heterocycles. The average Bonchev–Trinajstić information content (AvgIpc) is 2.92. The van der Waals surface area contributed by atoms with Gasteiger partial charge in [-0.25, -0.2) is 0 Å².